The molecular formula is C15H18FNO2. The van der Waals surface area contributed by atoms with Gasteiger partial charge in [-0.15, -0.1) is 0 Å². The molecule has 0 aliphatic carbocycles. The molecule has 1 aromatic carbocycles. The van der Waals surface area contributed by atoms with E-state index in [1.807, 2.05) is 6.92 Å². The van der Waals surface area contributed by atoms with Gasteiger partial charge in [-0.25, -0.2) is 4.39 Å². The van der Waals surface area contributed by atoms with Gasteiger partial charge in [0.05, 0.1) is 5.92 Å². The number of carbonyl (C=O) groups excluding carboxylic acids is 2. The van der Waals surface area contributed by atoms with Crippen molar-refractivity contribution in [2.75, 3.05) is 11.4 Å². The number of Topliss-reactive ketones (excluding diaryl/α,β-unsaturated/α-hetero) is 1. The summed E-state index contributed by atoms with van der Waals surface area (Å²) in [7, 11) is 0. The third-order valence-corrected chi connectivity index (χ3v) is 3.64. The average Bonchev–Trinajstić information content (AvgIpc) is 2.41. The Balaban J connectivity index is 2.31. The zero-order valence-electron chi connectivity index (χ0n) is 11.3. The number of hydrogen-bond acceptors (Lipinski definition) is 2. The van der Waals surface area contributed by atoms with E-state index in [4.69, 9.17) is 0 Å². The van der Waals surface area contributed by atoms with Gasteiger partial charge in [-0.3, -0.25) is 9.59 Å². The molecule has 102 valence electrons. The molecule has 1 aromatic rings. The Bertz CT molecular complexity index is 513. The predicted octanol–water partition coefficient (Wildman–Crippen LogP) is 2.86. The van der Waals surface area contributed by atoms with Crippen molar-refractivity contribution in [1.29, 1.82) is 0 Å². The number of rotatable bonds is 3. The Labute approximate surface area is 112 Å². The van der Waals surface area contributed by atoms with Crippen LogP contribution in [0.2, 0.25) is 0 Å². The molecule has 1 aliphatic rings. The molecule has 0 radical (unpaired) electrons. The third kappa shape index (κ3) is 2.67. The fourth-order valence-electron chi connectivity index (χ4n) is 2.53. The Kier molecular flexibility index (Phi) is 3.98. The van der Waals surface area contributed by atoms with Crippen molar-refractivity contribution in [2.45, 2.75) is 33.1 Å². The van der Waals surface area contributed by atoms with Crippen molar-refractivity contribution in [3.05, 3.63) is 29.6 Å². The van der Waals surface area contributed by atoms with Crippen LogP contribution in [0.25, 0.3) is 0 Å². The van der Waals surface area contributed by atoms with Gasteiger partial charge in [0.1, 0.15) is 11.6 Å². The van der Waals surface area contributed by atoms with Gasteiger partial charge in [-0.1, -0.05) is 13.0 Å². The molecule has 0 bridgehead atoms. The Hall–Kier alpha value is -1.71. The van der Waals surface area contributed by atoms with E-state index in [2.05, 4.69) is 0 Å². The van der Waals surface area contributed by atoms with Gasteiger partial charge in [0.15, 0.2) is 0 Å². The second kappa shape index (κ2) is 5.51. The molecule has 1 amide bonds. The van der Waals surface area contributed by atoms with Crippen LogP contribution in [-0.4, -0.2) is 18.2 Å². The average molecular weight is 263 g/mol. The highest BCUT2D eigenvalue weighted by atomic mass is 19.1. The number of benzene rings is 1. The summed E-state index contributed by atoms with van der Waals surface area (Å²) in [5.41, 5.74) is 1.43. The Morgan fingerprint density at radius 3 is 2.89 bits per heavy atom. The molecule has 4 heteroatoms. The highest BCUT2D eigenvalue weighted by molar-refractivity contribution is 6.09. The fourth-order valence-corrected chi connectivity index (χ4v) is 2.53. The molecule has 3 nitrogen and oxygen atoms in total. The molecule has 0 saturated carbocycles. The second-order valence-electron chi connectivity index (χ2n) is 4.94. The van der Waals surface area contributed by atoms with Crippen LogP contribution < -0.4 is 4.90 Å². The number of carbonyl (C=O) groups is 2. The van der Waals surface area contributed by atoms with Crippen LogP contribution in [0.3, 0.4) is 0 Å². The summed E-state index contributed by atoms with van der Waals surface area (Å²) < 4.78 is 13.3. The summed E-state index contributed by atoms with van der Waals surface area (Å²) in [5, 5.41) is 0. The lowest BCUT2D eigenvalue weighted by atomic mass is 9.91. The molecule has 0 aromatic heterocycles. The van der Waals surface area contributed by atoms with E-state index in [0.717, 1.165) is 12.0 Å². The second-order valence-corrected chi connectivity index (χ2v) is 4.94. The third-order valence-electron chi connectivity index (χ3n) is 3.64. The summed E-state index contributed by atoms with van der Waals surface area (Å²) in [6, 6.07) is 4.40. The summed E-state index contributed by atoms with van der Waals surface area (Å²) >= 11 is 0. The predicted molar refractivity (Wildman–Crippen MR) is 71.5 cm³/mol. The van der Waals surface area contributed by atoms with Crippen LogP contribution in [0, 0.1) is 18.7 Å². The van der Waals surface area contributed by atoms with Crippen LogP contribution in [0.1, 0.15) is 31.7 Å². The first-order valence-electron chi connectivity index (χ1n) is 6.64. The molecule has 19 heavy (non-hydrogen) atoms. The molecule has 1 aliphatic heterocycles. The number of ketones is 1. The minimum atomic E-state index is -0.554. The minimum absolute atomic E-state index is 0.0243. The first kappa shape index (κ1) is 13.7. The molecule has 0 N–H and O–H groups in total. The van der Waals surface area contributed by atoms with Gasteiger partial charge < -0.3 is 4.90 Å². The lowest BCUT2D eigenvalue weighted by Gasteiger charge is -2.32. The first-order valence-corrected chi connectivity index (χ1v) is 6.64. The van der Waals surface area contributed by atoms with Crippen LogP contribution in [-0.2, 0) is 9.59 Å². The van der Waals surface area contributed by atoms with E-state index in [1.165, 1.54) is 12.1 Å². The zero-order valence-corrected chi connectivity index (χ0v) is 11.3. The lowest BCUT2D eigenvalue weighted by Crippen LogP contribution is -2.44. The number of piperidine rings is 1. The van der Waals surface area contributed by atoms with Crippen LogP contribution in [0.4, 0.5) is 10.1 Å². The number of amides is 1. The van der Waals surface area contributed by atoms with Gasteiger partial charge >= 0.3 is 0 Å². The van der Waals surface area contributed by atoms with Crippen molar-refractivity contribution in [2.24, 2.45) is 5.92 Å². The minimum Gasteiger partial charge on any atom is -0.311 e. The van der Waals surface area contributed by atoms with Gasteiger partial charge in [0, 0.05) is 18.7 Å². The van der Waals surface area contributed by atoms with Crippen molar-refractivity contribution in [3.8, 4) is 0 Å². The number of halogens is 1. The number of aryl methyl sites for hydroxylation is 1. The normalized spacial score (nSPS) is 19.6. The van der Waals surface area contributed by atoms with E-state index in [1.54, 1.807) is 17.9 Å². The van der Waals surface area contributed by atoms with Gasteiger partial charge in [-0.05, 0) is 37.5 Å². The number of nitrogens with zero attached hydrogens (tertiary/aromatic N) is 1. The van der Waals surface area contributed by atoms with Crippen molar-refractivity contribution in [3.63, 3.8) is 0 Å². The SMILES string of the molecule is CCC(=O)[C@H]1CCCN(c2cc(F)ccc2C)C1=O. The molecule has 0 unspecified atom stereocenters. The summed E-state index contributed by atoms with van der Waals surface area (Å²) in [6.45, 7) is 4.16. The maximum absolute atomic E-state index is 13.3. The van der Waals surface area contributed by atoms with Gasteiger partial charge in [0.2, 0.25) is 5.91 Å². The van der Waals surface area contributed by atoms with Crippen molar-refractivity contribution < 1.29 is 14.0 Å². The Morgan fingerprint density at radius 2 is 2.21 bits per heavy atom. The lowest BCUT2D eigenvalue weighted by molar-refractivity contribution is -0.133. The number of hydrogen-bond donors (Lipinski definition) is 0. The maximum Gasteiger partial charge on any atom is 0.237 e. The molecule has 1 heterocycles. The number of anilines is 1. The standard InChI is InChI=1S/C15H18FNO2/c1-3-14(18)12-5-4-8-17(15(12)19)13-9-11(16)7-6-10(13)2/h6-7,9,12H,3-5,8H2,1-2H3/t12-/m1/s1. The Morgan fingerprint density at radius 1 is 1.47 bits per heavy atom. The molecule has 1 saturated heterocycles. The smallest absolute Gasteiger partial charge is 0.237 e. The molecule has 1 atom stereocenters. The van der Waals surface area contributed by atoms with Crippen LogP contribution in [0.15, 0.2) is 18.2 Å². The largest absolute Gasteiger partial charge is 0.311 e. The molecule has 0 spiro atoms. The van der Waals surface area contributed by atoms with Gasteiger partial charge in [0.25, 0.3) is 0 Å². The van der Waals surface area contributed by atoms with E-state index in [-0.39, 0.29) is 17.5 Å². The first-order chi connectivity index (χ1) is 9.04. The fraction of sp³-hybridized carbons (Fsp3) is 0.467. The molecular weight excluding hydrogens is 245 g/mol. The molecule has 1 fully saturated rings. The van der Waals surface area contributed by atoms with E-state index in [9.17, 15) is 14.0 Å². The zero-order chi connectivity index (χ0) is 14.0. The molecule has 2 rings (SSSR count). The van der Waals surface area contributed by atoms with Crippen LogP contribution in [0.5, 0.6) is 0 Å². The maximum atomic E-state index is 13.3. The van der Waals surface area contributed by atoms with Crippen LogP contribution >= 0.6 is 0 Å². The van der Waals surface area contributed by atoms with E-state index >= 15 is 0 Å². The summed E-state index contributed by atoms with van der Waals surface area (Å²) in [5.74, 6) is -1.13. The summed E-state index contributed by atoms with van der Waals surface area (Å²) in [6.07, 6.45) is 1.75. The quantitative estimate of drug-likeness (QED) is 0.786. The monoisotopic (exact) mass is 263 g/mol. The van der Waals surface area contributed by atoms with E-state index in [0.29, 0.717) is 25.1 Å². The topological polar surface area (TPSA) is 37.4 Å². The van der Waals surface area contributed by atoms with Gasteiger partial charge in [-0.2, -0.15) is 0 Å². The highest BCUT2D eigenvalue weighted by Gasteiger charge is 2.34. The van der Waals surface area contributed by atoms with Crippen molar-refractivity contribution in [1.82, 2.24) is 0 Å². The summed E-state index contributed by atoms with van der Waals surface area (Å²) in [4.78, 5) is 25.7. The van der Waals surface area contributed by atoms with E-state index < -0.39 is 5.92 Å². The van der Waals surface area contributed by atoms with Crippen molar-refractivity contribution >= 4 is 17.4 Å². The highest BCUT2D eigenvalue weighted by Crippen LogP contribution is 2.28.